The first kappa shape index (κ1) is 24.1. The summed E-state index contributed by atoms with van der Waals surface area (Å²) in [6.45, 7) is 6.40. The van der Waals surface area contributed by atoms with E-state index in [1.165, 1.54) is 0 Å². The lowest BCUT2D eigenvalue weighted by atomic mass is 9.97. The molecular weight excluding hydrogens is 458 g/mol. The van der Waals surface area contributed by atoms with Gasteiger partial charge in [-0.3, -0.25) is 4.79 Å². The van der Waals surface area contributed by atoms with Gasteiger partial charge in [0.05, 0.1) is 31.9 Å². The minimum Gasteiger partial charge on any atom is -0.493 e. The van der Waals surface area contributed by atoms with Gasteiger partial charge in [-0.1, -0.05) is 18.2 Å². The van der Waals surface area contributed by atoms with Crippen molar-refractivity contribution in [1.29, 1.82) is 0 Å². The summed E-state index contributed by atoms with van der Waals surface area (Å²) in [4.78, 5) is 15.8. The Morgan fingerprint density at radius 2 is 1.86 bits per heavy atom. The van der Waals surface area contributed by atoms with Gasteiger partial charge in [-0.2, -0.15) is 0 Å². The zero-order valence-electron chi connectivity index (χ0n) is 20.7. The van der Waals surface area contributed by atoms with Gasteiger partial charge in [-0.25, -0.2) is 4.98 Å². The number of pyridine rings is 1. The van der Waals surface area contributed by atoms with Crippen LogP contribution in [0.4, 0.5) is 0 Å². The molecule has 3 aromatic rings. The summed E-state index contributed by atoms with van der Waals surface area (Å²) in [6, 6.07) is 15.8. The predicted octanol–water partition coefficient (Wildman–Crippen LogP) is 5.45. The Labute approximate surface area is 211 Å². The normalized spacial score (nSPS) is 17.3. The van der Waals surface area contributed by atoms with Crippen LogP contribution in [0.3, 0.4) is 0 Å². The van der Waals surface area contributed by atoms with Crippen molar-refractivity contribution >= 4 is 5.97 Å². The number of fused-ring (bicyclic) bond motifs is 1. The van der Waals surface area contributed by atoms with Crippen LogP contribution < -0.4 is 14.2 Å². The fraction of sp³-hybridized carbons (Fsp3) is 0.379. The van der Waals surface area contributed by atoms with Crippen molar-refractivity contribution in [2.75, 3.05) is 19.8 Å². The van der Waals surface area contributed by atoms with E-state index >= 15 is 0 Å². The monoisotopic (exact) mass is 489 g/mol. The molecule has 1 fully saturated rings. The van der Waals surface area contributed by atoms with E-state index in [-0.39, 0.29) is 18.4 Å². The lowest BCUT2D eigenvalue weighted by molar-refractivity contribution is -0.137. The second-order valence-corrected chi connectivity index (χ2v) is 9.49. The molecule has 1 saturated heterocycles. The number of hydrogen-bond donors (Lipinski definition) is 1. The fourth-order valence-corrected chi connectivity index (χ4v) is 4.96. The van der Waals surface area contributed by atoms with Crippen LogP contribution in [-0.2, 0) is 16.1 Å². The third-order valence-electron chi connectivity index (χ3n) is 6.72. The first-order chi connectivity index (χ1) is 17.5. The van der Waals surface area contributed by atoms with Crippen LogP contribution in [0.5, 0.6) is 17.4 Å². The number of aryl methyl sites for hydroxylation is 2. The topological polar surface area (TPSA) is 87.1 Å². The first-order valence-electron chi connectivity index (χ1n) is 12.4. The number of hydrogen-bond acceptors (Lipinski definition) is 6. The van der Waals surface area contributed by atoms with Crippen LogP contribution in [-0.4, -0.2) is 42.0 Å². The third kappa shape index (κ3) is 5.46. The molecular formula is C29H31NO6. The van der Waals surface area contributed by atoms with Crippen molar-refractivity contribution < 1.29 is 28.8 Å². The number of rotatable bonds is 8. The summed E-state index contributed by atoms with van der Waals surface area (Å²) in [7, 11) is 0. The number of carboxylic acid groups (broad SMARTS) is 1. The van der Waals surface area contributed by atoms with Gasteiger partial charge in [0.1, 0.15) is 24.2 Å². The molecule has 2 aromatic carbocycles. The molecule has 0 bridgehead atoms. The van der Waals surface area contributed by atoms with E-state index in [9.17, 15) is 4.79 Å². The van der Waals surface area contributed by atoms with Gasteiger partial charge in [-0.05, 0) is 54.8 Å². The summed E-state index contributed by atoms with van der Waals surface area (Å²) in [5.41, 5.74) is 6.03. The molecule has 0 spiro atoms. The van der Waals surface area contributed by atoms with E-state index in [1.54, 1.807) is 0 Å². The van der Waals surface area contributed by atoms with Crippen molar-refractivity contribution in [2.45, 2.75) is 51.7 Å². The van der Waals surface area contributed by atoms with Crippen molar-refractivity contribution in [2.24, 2.45) is 0 Å². The Morgan fingerprint density at radius 1 is 1.08 bits per heavy atom. The van der Waals surface area contributed by atoms with Crippen molar-refractivity contribution in [3.05, 3.63) is 70.8 Å². The minimum absolute atomic E-state index is 0.0705. The second kappa shape index (κ2) is 10.6. The fourth-order valence-electron chi connectivity index (χ4n) is 4.96. The number of ether oxygens (including phenoxy) is 4. The van der Waals surface area contributed by atoms with E-state index < -0.39 is 5.97 Å². The zero-order chi connectivity index (χ0) is 25.1. The molecule has 2 aliphatic heterocycles. The zero-order valence-corrected chi connectivity index (χ0v) is 20.7. The van der Waals surface area contributed by atoms with Crippen molar-refractivity contribution in [3.63, 3.8) is 0 Å². The smallest absolute Gasteiger partial charge is 0.304 e. The molecule has 7 nitrogen and oxygen atoms in total. The molecule has 0 saturated carbocycles. The highest BCUT2D eigenvalue weighted by atomic mass is 16.5. The Morgan fingerprint density at radius 3 is 2.61 bits per heavy atom. The maximum absolute atomic E-state index is 11.1. The lowest BCUT2D eigenvalue weighted by Gasteiger charge is -2.24. The Hall–Kier alpha value is -3.58. The van der Waals surface area contributed by atoms with Crippen LogP contribution in [0.2, 0.25) is 0 Å². The predicted molar refractivity (Wildman–Crippen MR) is 135 cm³/mol. The van der Waals surface area contributed by atoms with E-state index in [1.807, 2.05) is 36.4 Å². The molecule has 0 aliphatic carbocycles. The van der Waals surface area contributed by atoms with E-state index in [4.69, 9.17) is 29.0 Å². The van der Waals surface area contributed by atoms with Gasteiger partial charge >= 0.3 is 5.97 Å². The quantitative estimate of drug-likeness (QED) is 0.450. The van der Waals surface area contributed by atoms with E-state index in [0.717, 1.165) is 71.1 Å². The SMILES string of the molecule is Cc1cc(OC2CCOCC2)cc(C)c1-c1cccc(OCc2ccc3c(c2)OCC3CC(=O)O)n1. The summed E-state index contributed by atoms with van der Waals surface area (Å²) < 4.78 is 23.4. The molecule has 2 aliphatic rings. The van der Waals surface area contributed by atoms with Crippen LogP contribution in [0, 0.1) is 13.8 Å². The average Bonchev–Trinajstić information content (AvgIpc) is 3.24. The van der Waals surface area contributed by atoms with Gasteiger partial charge < -0.3 is 24.1 Å². The Balaban J connectivity index is 1.27. The molecule has 1 N–H and O–H groups in total. The van der Waals surface area contributed by atoms with Gasteiger partial charge in [0.2, 0.25) is 5.88 Å². The number of carboxylic acids is 1. The highest BCUT2D eigenvalue weighted by molar-refractivity contribution is 5.69. The highest BCUT2D eigenvalue weighted by Crippen LogP contribution is 2.37. The molecule has 0 amide bonds. The number of aromatic nitrogens is 1. The lowest BCUT2D eigenvalue weighted by Crippen LogP contribution is -2.25. The maximum Gasteiger partial charge on any atom is 0.304 e. The van der Waals surface area contributed by atoms with Gasteiger partial charge in [0.15, 0.2) is 0 Å². The number of aliphatic carboxylic acids is 1. The highest BCUT2D eigenvalue weighted by Gasteiger charge is 2.26. The molecule has 1 aromatic heterocycles. The van der Waals surface area contributed by atoms with Gasteiger partial charge in [0, 0.05) is 36.0 Å². The molecule has 3 heterocycles. The molecule has 1 atom stereocenters. The van der Waals surface area contributed by atoms with Crippen LogP contribution in [0.15, 0.2) is 48.5 Å². The summed E-state index contributed by atoms with van der Waals surface area (Å²) in [5, 5.41) is 9.09. The third-order valence-corrected chi connectivity index (χ3v) is 6.72. The first-order valence-corrected chi connectivity index (χ1v) is 12.4. The van der Waals surface area contributed by atoms with Gasteiger partial charge in [-0.15, -0.1) is 0 Å². The minimum atomic E-state index is -0.818. The molecule has 7 heteroatoms. The Kier molecular flexibility index (Phi) is 7.09. The summed E-state index contributed by atoms with van der Waals surface area (Å²) in [6.07, 6.45) is 2.10. The van der Waals surface area contributed by atoms with E-state index in [2.05, 4.69) is 26.0 Å². The molecule has 5 rings (SSSR count). The van der Waals surface area contributed by atoms with E-state index in [0.29, 0.717) is 19.1 Å². The Bertz CT molecular complexity index is 1230. The average molecular weight is 490 g/mol. The van der Waals surface area contributed by atoms with Crippen molar-refractivity contribution in [3.8, 4) is 28.6 Å². The van der Waals surface area contributed by atoms with Crippen LogP contribution >= 0.6 is 0 Å². The molecule has 188 valence electrons. The number of nitrogens with zero attached hydrogens (tertiary/aromatic N) is 1. The molecule has 0 radical (unpaired) electrons. The largest absolute Gasteiger partial charge is 0.493 e. The number of carbonyl (C=O) groups is 1. The summed E-state index contributed by atoms with van der Waals surface area (Å²) >= 11 is 0. The van der Waals surface area contributed by atoms with Crippen LogP contribution in [0.25, 0.3) is 11.3 Å². The molecule has 1 unspecified atom stereocenters. The number of benzene rings is 2. The van der Waals surface area contributed by atoms with Gasteiger partial charge in [0.25, 0.3) is 0 Å². The van der Waals surface area contributed by atoms with Crippen LogP contribution in [0.1, 0.15) is 47.4 Å². The molecule has 36 heavy (non-hydrogen) atoms. The standard InChI is InChI=1S/C29H31NO6/c1-18-12-23(36-22-8-10-33-11-9-22)13-19(2)29(18)25-4-3-5-27(30-25)35-16-20-6-7-24-21(15-28(31)32)17-34-26(24)14-20/h3-7,12-14,21-22H,8-11,15-17H2,1-2H3,(H,31,32). The summed E-state index contributed by atoms with van der Waals surface area (Å²) in [5.74, 6) is 1.24. The maximum atomic E-state index is 11.1. The second-order valence-electron chi connectivity index (χ2n) is 9.49. The van der Waals surface area contributed by atoms with Crippen molar-refractivity contribution in [1.82, 2.24) is 4.98 Å².